The van der Waals surface area contributed by atoms with Gasteiger partial charge < -0.3 is 20.1 Å². The van der Waals surface area contributed by atoms with Crippen LogP contribution in [0.25, 0.3) is 0 Å². The van der Waals surface area contributed by atoms with Crippen LogP contribution in [0, 0.1) is 0 Å². The zero-order valence-corrected chi connectivity index (χ0v) is 47.0. The minimum Gasteiger partial charge on any atom is -0.462 e. The van der Waals surface area contributed by atoms with Gasteiger partial charge in [0.2, 0.25) is 0 Å². The summed E-state index contributed by atoms with van der Waals surface area (Å²) < 4.78 is 32.9. The molecule has 0 aliphatic heterocycles. The van der Waals surface area contributed by atoms with E-state index in [9.17, 15) is 19.0 Å². The molecule has 72 heavy (non-hydrogen) atoms. The molecular formula is C62H108NO8P. The molecule has 414 valence electrons. The van der Waals surface area contributed by atoms with Crippen molar-refractivity contribution in [3.8, 4) is 0 Å². The van der Waals surface area contributed by atoms with Gasteiger partial charge in [0.1, 0.15) is 6.61 Å². The second-order valence-electron chi connectivity index (χ2n) is 19.1. The van der Waals surface area contributed by atoms with Gasteiger partial charge in [-0.25, -0.2) is 4.57 Å². The van der Waals surface area contributed by atoms with Crippen molar-refractivity contribution in [2.24, 2.45) is 5.73 Å². The van der Waals surface area contributed by atoms with Crippen molar-refractivity contribution in [2.45, 2.75) is 258 Å². The van der Waals surface area contributed by atoms with E-state index in [1.807, 2.05) is 0 Å². The lowest BCUT2D eigenvalue weighted by molar-refractivity contribution is -0.161. The summed E-state index contributed by atoms with van der Waals surface area (Å²) >= 11 is 0. The fourth-order valence-electron chi connectivity index (χ4n) is 7.95. The number of hydrogen-bond acceptors (Lipinski definition) is 8. The number of rotatable bonds is 54. The van der Waals surface area contributed by atoms with Gasteiger partial charge in [0.15, 0.2) is 6.10 Å². The van der Waals surface area contributed by atoms with Crippen molar-refractivity contribution in [2.75, 3.05) is 26.4 Å². The van der Waals surface area contributed by atoms with Crippen LogP contribution in [-0.2, 0) is 32.7 Å². The molecule has 0 aromatic heterocycles. The van der Waals surface area contributed by atoms with Gasteiger partial charge in [-0.3, -0.25) is 18.6 Å². The summed E-state index contributed by atoms with van der Waals surface area (Å²) in [6.45, 7) is 3.63. The third-order valence-corrected chi connectivity index (χ3v) is 13.2. The maximum absolute atomic E-state index is 12.7. The molecule has 0 radical (unpaired) electrons. The second-order valence-corrected chi connectivity index (χ2v) is 20.6. The lowest BCUT2D eigenvalue weighted by atomic mass is 10.0. The van der Waals surface area contributed by atoms with E-state index in [-0.39, 0.29) is 38.6 Å². The quantitative estimate of drug-likeness (QED) is 0.0264. The van der Waals surface area contributed by atoms with Crippen LogP contribution in [0.3, 0.4) is 0 Å². The van der Waals surface area contributed by atoms with Crippen LogP contribution >= 0.6 is 7.82 Å². The number of esters is 2. The van der Waals surface area contributed by atoms with Crippen molar-refractivity contribution < 1.29 is 37.6 Å². The topological polar surface area (TPSA) is 134 Å². The van der Waals surface area contributed by atoms with Crippen LogP contribution in [-0.4, -0.2) is 49.3 Å². The van der Waals surface area contributed by atoms with E-state index < -0.39 is 26.5 Å². The summed E-state index contributed by atoms with van der Waals surface area (Å²) in [4.78, 5) is 35.0. The van der Waals surface area contributed by atoms with E-state index in [0.717, 1.165) is 89.9 Å². The summed E-state index contributed by atoms with van der Waals surface area (Å²) in [6.07, 6.45) is 76.2. The lowest BCUT2D eigenvalue weighted by Crippen LogP contribution is -2.29. The van der Waals surface area contributed by atoms with Crippen LogP contribution < -0.4 is 5.73 Å². The Bertz CT molecular complexity index is 1500. The first kappa shape index (κ1) is 68.9. The fraction of sp³-hybridized carbons (Fsp3) is 0.710. The second kappa shape index (κ2) is 57.2. The average Bonchev–Trinajstić information content (AvgIpc) is 3.37. The van der Waals surface area contributed by atoms with Gasteiger partial charge in [-0.05, 0) is 77.0 Å². The SMILES string of the molecule is CC/C=C\C/C=C\C/C=C\C/C=C\C/C=C\C/C=C\C/C=C\C/C=C\CCCCCCCCCCCCCCCCC(=O)OC(COC(=O)CCCCCCCCCCCCCC)COP(=O)(O)OCCN. The summed E-state index contributed by atoms with van der Waals surface area (Å²) in [6, 6.07) is 0. The van der Waals surface area contributed by atoms with E-state index in [0.29, 0.717) is 6.42 Å². The predicted octanol–water partition coefficient (Wildman–Crippen LogP) is 18.5. The fourth-order valence-corrected chi connectivity index (χ4v) is 8.71. The van der Waals surface area contributed by atoms with Gasteiger partial charge in [-0.1, -0.05) is 259 Å². The third kappa shape index (κ3) is 56.2. The number of allylic oxidation sites excluding steroid dienone is 16. The molecule has 0 aromatic rings. The maximum atomic E-state index is 12.7. The molecule has 0 spiro atoms. The van der Waals surface area contributed by atoms with Gasteiger partial charge in [0.05, 0.1) is 13.2 Å². The van der Waals surface area contributed by atoms with Crippen LogP contribution in [0.5, 0.6) is 0 Å². The van der Waals surface area contributed by atoms with Crippen LogP contribution in [0.15, 0.2) is 97.2 Å². The number of carbonyl (C=O) groups excluding carboxylic acids is 2. The number of unbranched alkanes of at least 4 members (excludes halogenated alkanes) is 25. The Morgan fingerprint density at radius 3 is 1.14 bits per heavy atom. The number of nitrogens with two attached hydrogens (primary N) is 1. The molecule has 10 heteroatoms. The standard InChI is InChI=1S/C62H108NO8P/c1-3-5-7-9-11-13-15-17-18-19-20-21-22-23-24-25-26-27-28-29-30-31-32-33-34-35-36-37-38-39-40-41-42-43-45-47-49-51-53-55-62(65)71-60(59-70-72(66,67)69-57-56-63)58-68-61(64)54-52-50-48-46-44-16-14-12-10-8-6-4-2/h5,7,11,13,17-18,20-21,23-24,26-27,29-30,32-33,60H,3-4,6,8-10,12,14-16,19,22,25,28,31,34-59,63H2,1-2H3,(H,66,67)/b7-5-,13-11-,18-17-,21-20-,24-23-,27-26-,30-29-,33-32-. The molecule has 2 unspecified atom stereocenters. The van der Waals surface area contributed by atoms with Crippen molar-refractivity contribution in [1.82, 2.24) is 0 Å². The number of phosphoric ester groups is 1. The number of ether oxygens (including phenoxy) is 2. The Hall–Kier alpha value is -3.07. The molecular weight excluding hydrogens is 918 g/mol. The minimum absolute atomic E-state index is 0.0519. The summed E-state index contributed by atoms with van der Waals surface area (Å²) in [5.41, 5.74) is 5.37. The van der Waals surface area contributed by atoms with E-state index >= 15 is 0 Å². The molecule has 0 amide bonds. The average molecular weight is 1030 g/mol. The molecule has 0 saturated heterocycles. The molecule has 3 N–H and O–H groups in total. The monoisotopic (exact) mass is 1030 g/mol. The zero-order chi connectivity index (χ0) is 52.4. The summed E-state index contributed by atoms with van der Waals surface area (Å²) in [5, 5.41) is 0. The first-order valence-electron chi connectivity index (χ1n) is 29.2. The van der Waals surface area contributed by atoms with Gasteiger partial charge >= 0.3 is 19.8 Å². The van der Waals surface area contributed by atoms with Crippen LogP contribution in [0.1, 0.15) is 251 Å². The maximum Gasteiger partial charge on any atom is 0.472 e. The summed E-state index contributed by atoms with van der Waals surface area (Å²) in [7, 11) is -4.38. The Kier molecular flexibility index (Phi) is 54.8. The minimum atomic E-state index is -4.38. The Balaban J connectivity index is 3.87. The lowest BCUT2D eigenvalue weighted by Gasteiger charge is -2.19. The number of hydrogen-bond donors (Lipinski definition) is 2. The first-order chi connectivity index (χ1) is 35.3. The largest absolute Gasteiger partial charge is 0.472 e. The Morgan fingerprint density at radius 1 is 0.431 bits per heavy atom. The molecule has 0 fully saturated rings. The molecule has 2 atom stereocenters. The molecule has 0 rings (SSSR count). The number of carbonyl (C=O) groups is 2. The third-order valence-electron chi connectivity index (χ3n) is 12.2. The molecule has 0 aromatic carbocycles. The zero-order valence-electron chi connectivity index (χ0n) is 46.1. The molecule has 0 aliphatic carbocycles. The highest BCUT2D eigenvalue weighted by Crippen LogP contribution is 2.43. The molecule has 0 heterocycles. The van der Waals surface area contributed by atoms with E-state index in [1.54, 1.807) is 0 Å². The highest BCUT2D eigenvalue weighted by atomic mass is 31.2. The molecule has 0 aliphatic rings. The summed E-state index contributed by atoms with van der Waals surface area (Å²) in [5.74, 6) is -0.825. The highest BCUT2D eigenvalue weighted by Gasteiger charge is 2.26. The van der Waals surface area contributed by atoms with Crippen molar-refractivity contribution >= 4 is 19.8 Å². The Morgan fingerprint density at radius 2 is 0.764 bits per heavy atom. The van der Waals surface area contributed by atoms with Crippen LogP contribution in [0.4, 0.5) is 0 Å². The van der Waals surface area contributed by atoms with Gasteiger partial charge in [-0.15, -0.1) is 0 Å². The predicted molar refractivity (Wildman–Crippen MR) is 307 cm³/mol. The van der Waals surface area contributed by atoms with E-state index in [1.165, 1.54) is 128 Å². The molecule has 9 nitrogen and oxygen atoms in total. The van der Waals surface area contributed by atoms with Crippen LogP contribution in [0.2, 0.25) is 0 Å². The van der Waals surface area contributed by atoms with Gasteiger partial charge in [0.25, 0.3) is 0 Å². The highest BCUT2D eigenvalue weighted by molar-refractivity contribution is 7.47. The number of phosphoric acid groups is 1. The molecule has 0 saturated carbocycles. The molecule has 0 bridgehead atoms. The van der Waals surface area contributed by atoms with Crippen molar-refractivity contribution in [3.05, 3.63) is 97.2 Å². The van der Waals surface area contributed by atoms with Gasteiger partial charge in [-0.2, -0.15) is 0 Å². The first-order valence-corrected chi connectivity index (χ1v) is 30.7. The van der Waals surface area contributed by atoms with E-state index in [2.05, 4.69) is 111 Å². The van der Waals surface area contributed by atoms with Crippen molar-refractivity contribution in [3.63, 3.8) is 0 Å². The normalized spacial score (nSPS) is 13.8. The van der Waals surface area contributed by atoms with Gasteiger partial charge in [0, 0.05) is 19.4 Å². The smallest absolute Gasteiger partial charge is 0.462 e. The Labute approximate surface area is 442 Å². The van der Waals surface area contributed by atoms with Crippen molar-refractivity contribution in [1.29, 1.82) is 0 Å². The van der Waals surface area contributed by atoms with E-state index in [4.69, 9.17) is 24.3 Å².